The van der Waals surface area contributed by atoms with Crippen LogP contribution in [-0.2, 0) is 9.53 Å². The molecular weight excluding hydrogens is 132 g/mol. The molecule has 1 aliphatic rings. The Morgan fingerprint density at radius 1 is 1.80 bits per heavy atom. The van der Waals surface area contributed by atoms with Crippen LogP contribution >= 0.6 is 0 Å². The van der Waals surface area contributed by atoms with E-state index >= 15 is 0 Å². The molecule has 0 saturated carbocycles. The summed E-state index contributed by atoms with van der Waals surface area (Å²) in [6.45, 7) is 2.41. The normalized spacial score (nSPS) is 32.2. The van der Waals surface area contributed by atoms with E-state index in [0.717, 1.165) is 12.8 Å². The highest BCUT2D eigenvalue weighted by Crippen LogP contribution is 2.24. The van der Waals surface area contributed by atoms with Gasteiger partial charge in [-0.25, -0.2) is 5.84 Å². The predicted octanol–water partition coefficient (Wildman–Crippen LogP) is -0.455. The lowest BCUT2D eigenvalue weighted by Crippen LogP contribution is -2.46. The molecule has 10 heavy (non-hydrogen) atoms. The number of hydrogen-bond acceptors (Lipinski definition) is 3. The summed E-state index contributed by atoms with van der Waals surface area (Å²) in [5, 5.41) is 0. The quantitative estimate of drug-likeness (QED) is 0.297. The Labute approximate surface area is 59.7 Å². The molecule has 0 radical (unpaired) electrons. The molecule has 58 valence electrons. The molecule has 0 spiro atoms. The molecule has 4 nitrogen and oxygen atoms in total. The van der Waals surface area contributed by atoms with Crippen molar-refractivity contribution in [2.75, 3.05) is 6.61 Å². The molecule has 0 aromatic carbocycles. The minimum absolute atomic E-state index is 0.231. The van der Waals surface area contributed by atoms with Crippen LogP contribution in [0.3, 0.4) is 0 Å². The third-order valence-electron chi connectivity index (χ3n) is 1.83. The molecular formula is C6H12N2O2. The molecule has 4 heteroatoms. The maximum Gasteiger partial charge on any atom is 0.265 e. The van der Waals surface area contributed by atoms with E-state index in [1.54, 1.807) is 6.92 Å². The number of ether oxygens (including phenoxy) is 1. The van der Waals surface area contributed by atoms with Gasteiger partial charge >= 0.3 is 0 Å². The van der Waals surface area contributed by atoms with E-state index < -0.39 is 5.60 Å². The lowest BCUT2D eigenvalue weighted by molar-refractivity contribution is -0.139. The van der Waals surface area contributed by atoms with E-state index in [1.165, 1.54) is 0 Å². The minimum atomic E-state index is -0.672. The Morgan fingerprint density at radius 2 is 2.50 bits per heavy atom. The Morgan fingerprint density at radius 3 is 2.90 bits per heavy atom. The van der Waals surface area contributed by atoms with E-state index in [1.807, 2.05) is 0 Å². The van der Waals surface area contributed by atoms with E-state index in [2.05, 4.69) is 5.43 Å². The number of nitrogens with two attached hydrogens (primary N) is 1. The zero-order chi connectivity index (χ0) is 7.61. The average Bonchev–Trinajstić information content (AvgIpc) is 2.36. The van der Waals surface area contributed by atoms with Crippen molar-refractivity contribution in [1.82, 2.24) is 5.43 Å². The Kier molecular flexibility index (Phi) is 1.92. The molecule has 1 rings (SSSR count). The highest BCUT2D eigenvalue weighted by Gasteiger charge is 2.36. The van der Waals surface area contributed by atoms with Crippen molar-refractivity contribution in [2.24, 2.45) is 5.84 Å². The number of hydrogen-bond donors (Lipinski definition) is 2. The largest absolute Gasteiger partial charge is 0.365 e. The van der Waals surface area contributed by atoms with Gasteiger partial charge in [-0.15, -0.1) is 0 Å². The fraction of sp³-hybridized carbons (Fsp3) is 0.833. The zero-order valence-electron chi connectivity index (χ0n) is 6.02. The molecule has 1 saturated heterocycles. The monoisotopic (exact) mass is 144 g/mol. The van der Waals surface area contributed by atoms with Crippen LogP contribution in [0, 0.1) is 0 Å². The maximum atomic E-state index is 11.0. The predicted molar refractivity (Wildman–Crippen MR) is 35.9 cm³/mol. The van der Waals surface area contributed by atoms with Crippen LogP contribution in [0.4, 0.5) is 0 Å². The number of carbonyl (C=O) groups is 1. The first-order chi connectivity index (χ1) is 4.69. The van der Waals surface area contributed by atoms with Crippen LogP contribution in [0.25, 0.3) is 0 Å². The van der Waals surface area contributed by atoms with Gasteiger partial charge in [0.25, 0.3) is 5.91 Å². The fourth-order valence-corrected chi connectivity index (χ4v) is 1.11. The first kappa shape index (κ1) is 7.50. The summed E-state index contributed by atoms with van der Waals surface area (Å²) in [5.41, 5.74) is 1.41. The summed E-state index contributed by atoms with van der Waals surface area (Å²) >= 11 is 0. The summed E-state index contributed by atoms with van der Waals surface area (Å²) in [5.74, 6) is 4.73. The van der Waals surface area contributed by atoms with Gasteiger partial charge in [-0.2, -0.15) is 0 Å². The number of nitrogens with one attached hydrogen (secondary N) is 1. The van der Waals surface area contributed by atoms with E-state index in [-0.39, 0.29) is 5.91 Å². The first-order valence-electron chi connectivity index (χ1n) is 3.34. The number of hydrazine groups is 1. The van der Waals surface area contributed by atoms with Crippen LogP contribution in [0.2, 0.25) is 0 Å². The summed E-state index contributed by atoms with van der Waals surface area (Å²) < 4.78 is 5.20. The molecule has 0 aromatic heterocycles. The van der Waals surface area contributed by atoms with Crippen LogP contribution in [0.15, 0.2) is 0 Å². The fourth-order valence-electron chi connectivity index (χ4n) is 1.11. The van der Waals surface area contributed by atoms with Crippen LogP contribution in [0.1, 0.15) is 19.8 Å². The molecule has 0 aliphatic carbocycles. The molecule has 0 aromatic rings. The Hall–Kier alpha value is -0.610. The first-order valence-corrected chi connectivity index (χ1v) is 3.34. The summed E-state index contributed by atoms with van der Waals surface area (Å²) in [6, 6.07) is 0. The van der Waals surface area contributed by atoms with Gasteiger partial charge in [0.15, 0.2) is 0 Å². The Balaban J connectivity index is 2.58. The van der Waals surface area contributed by atoms with E-state index in [9.17, 15) is 4.79 Å². The van der Waals surface area contributed by atoms with Gasteiger partial charge in [0.2, 0.25) is 0 Å². The van der Waals surface area contributed by atoms with Gasteiger partial charge in [-0.1, -0.05) is 0 Å². The van der Waals surface area contributed by atoms with Gasteiger partial charge in [0.05, 0.1) is 0 Å². The molecule has 3 N–H and O–H groups in total. The van der Waals surface area contributed by atoms with Crippen molar-refractivity contribution in [1.29, 1.82) is 0 Å². The number of amides is 1. The Bertz CT molecular complexity index is 141. The van der Waals surface area contributed by atoms with Crippen LogP contribution in [-0.4, -0.2) is 18.1 Å². The molecule has 0 bridgehead atoms. The summed E-state index contributed by atoms with van der Waals surface area (Å²) in [6.07, 6.45) is 1.69. The SMILES string of the molecule is C[C@]1(C(=O)NN)CCCO1. The van der Waals surface area contributed by atoms with Crippen molar-refractivity contribution in [3.05, 3.63) is 0 Å². The van der Waals surface area contributed by atoms with Crippen molar-refractivity contribution in [3.63, 3.8) is 0 Å². The molecule has 1 fully saturated rings. The molecule has 0 unspecified atom stereocenters. The van der Waals surface area contributed by atoms with Crippen LogP contribution < -0.4 is 11.3 Å². The molecule has 1 heterocycles. The van der Waals surface area contributed by atoms with E-state index in [0.29, 0.717) is 6.61 Å². The molecule has 1 aliphatic heterocycles. The third kappa shape index (κ3) is 1.12. The average molecular weight is 144 g/mol. The van der Waals surface area contributed by atoms with Gasteiger partial charge in [0, 0.05) is 6.61 Å². The second kappa shape index (κ2) is 2.56. The standard InChI is InChI=1S/C6H12N2O2/c1-6(5(9)8-7)3-2-4-10-6/h2-4,7H2,1H3,(H,8,9)/t6-/m1/s1. The molecule has 1 amide bonds. The third-order valence-corrected chi connectivity index (χ3v) is 1.83. The van der Waals surface area contributed by atoms with Gasteiger partial charge in [0.1, 0.15) is 5.60 Å². The highest BCUT2D eigenvalue weighted by atomic mass is 16.5. The van der Waals surface area contributed by atoms with Gasteiger partial charge in [-0.3, -0.25) is 10.2 Å². The van der Waals surface area contributed by atoms with Crippen molar-refractivity contribution < 1.29 is 9.53 Å². The topological polar surface area (TPSA) is 64.4 Å². The lowest BCUT2D eigenvalue weighted by atomic mass is 10.0. The summed E-state index contributed by atoms with van der Waals surface area (Å²) in [4.78, 5) is 11.0. The lowest BCUT2D eigenvalue weighted by Gasteiger charge is -2.19. The smallest absolute Gasteiger partial charge is 0.265 e. The van der Waals surface area contributed by atoms with Crippen molar-refractivity contribution >= 4 is 5.91 Å². The van der Waals surface area contributed by atoms with Crippen LogP contribution in [0.5, 0.6) is 0 Å². The second-order valence-electron chi connectivity index (χ2n) is 2.66. The summed E-state index contributed by atoms with van der Waals surface area (Å²) in [7, 11) is 0. The van der Waals surface area contributed by atoms with Gasteiger partial charge in [-0.05, 0) is 19.8 Å². The highest BCUT2D eigenvalue weighted by molar-refractivity contribution is 5.84. The zero-order valence-corrected chi connectivity index (χ0v) is 6.02. The maximum absolute atomic E-state index is 11.0. The van der Waals surface area contributed by atoms with E-state index in [4.69, 9.17) is 10.6 Å². The number of carbonyl (C=O) groups excluding carboxylic acids is 1. The minimum Gasteiger partial charge on any atom is -0.365 e. The number of rotatable bonds is 1. The van der Waals surface area contributed by atoms with Gasteiger partial charge < -0.3 is 4.74 Å². The van der Waals surface area contributed by atoms with Crippen molar-refractivity contribution in [3.8, 4) is 0 Å². The van der Waals surface area contributed by atoms with Crippen molar-refractivity contribution in [2.45, 2.75) is 25.4 Å². The second-order valence-corrected chi connectivity index (χ2v) is 2.66. The molecule has 1 atom stereocenters.